The van der Waals surface area contributed by atoms with Crippen LogP contribution in [0.25, 0.3) is 0 Å². The molecular weight excluding hydrogens is 411 g/mol. The lowest BCUT2D eigenvalue weighted by Crippen LogP contribution is -2.45. The van der Waals surface area contributed by atoms with Gasteiger partial charge in [0.1, 0.15) is 0 Å². The van der Waals surface area contributed by atoms with Gasteiger partial charge in [-0.15, -0.1) is 24.0 Å². The first-order chi connectivity index (χ1) is 10.6. The Morgan fingerprint density at radius 1 is 1.13 bits per heavy atom. The number of halogens is 1. The molecule has 0 bridgehead atoms. The van der Waals surface area contributed by atoms with Crippen LogP contribution < -0.4 is 5.32 Å². The molecule has 1 amide bonds. The molecule has 23 heavy (non-hydrogen) atoms. The van der Waals surface area contributed by atoms with Gasteiger partial charge in [-0.2, -0.15) is 0 Å². The highest BCUT2D eigenvalue weighted by Gasteiger charge is 2.14. The molecule has 0 heterocycles. The first-order valence-corrected chi connectivity index (χ1v) is 7.94. The molecular formula is C15H33IN4O3. The van der Waals surface area contributed by atoms with Crippen LogP contribution in [-0.4, -0.2) is 88.4 Å². The predicted molar refractivity (Wildman–Crippen MR) is 105 cm³/mol. The molecule has 0 saturated carbocycles. The quantitative estimate of drug-likeness (QED) is 0.223. The van der Waals surface area contributed by atoms with Crippen molar-refractivity contribution < 1.29 is 14.3 Å². The summed E-state index contributed by atoms with van der Waals surface area (Å²) in [5.41, 5.74) is 0. The summed E-state index contributed by atoms with van der Waals surface area (Å²) < 4.78 is 10.3. The second-order valence-corrected chi connectivity index (χ2v) is 4.76. The molecule has 0 spiro atoms. The van der Waals surface area contributed by atoms with Crippen LogP contribution in [0.15, 0.2) is 4.99 Å². The van der Waals surface area contributed by atoms with Gasteiger partial charge in [-0.3, -0.25) is 9.79 Å². The molecule has 7 nitrogen and oxygen atoms in total. The van der Waals surface area contributed by atoms with E-state index in [1.54, 1.807) is 7.11 Å². The van der Waals surface area contributed by atoms with Crippen molar-refractivity contribution in [3.8, 4) is 0 Å². The number of rotatable bonds is 11. The Hall–Kier alpha value is -0.610. The lowest BCUT2D eigenvalue weighted by atomic mass is 10.4. The number of carbonyl (C=O) groups excluding carboxylic acids is 1. The first kappa shape index (κ1) is 24.6. The van der Waals surface area contributed by atoms with Gasteiger partial charge in [-0.1, -0.05) is 0 Å². The fourth-order valence-corrected chi connectivity index (χ4v) is 1.88. The number of amides is 1. The summed E-state index contributed by atoms with van der Waals surface area (Å²) in [5, 5.41) is 3.19. The number of nitrogens with zero attached hydrogens (tertiary/aromatic N) is 3. The number of aliphatic imine (C=N–C) groups is 1. The monoisotopic (exact) mass is 444 g/mol. The van der Waals surface area contributed by atoms with Gasteiger partial charge in [0.25, 0.3) is 0 Å². The average molecular weight is 444 g/mol. The minimum atomic E-state index is 0. The van der Waals surface area contributed by atoms with Crippen molar-refractivity contribution in [1.29, 1.82) is 0 Å². The Labute approximate surface area is 157 Å². The molecule has 0 rings (SSSR count). The Balaban J connectivity index is 0. The zero-order chi connectivity index (χ0) is 16.8. The van der Waals surface area contributed by atoms with E-state index >= 15 is 0 Å². The van der Waals surface area contributed by atoms with Gasteiger partial charge in [0.05, 0.1) is 32.9 Å². The third kappa shape index (κ3) is 11.5. The normalized spacial score (nSPS) is 10.9. The third-order valence-electron chi connectivity index (χ3n) is 3.11. The second-order valence-electron chi connectivity index (χ2n) is 4.76. The van der Waals surface area contributed by atoms with Crippen molar-refractivity contribution in [2.75, 3.05) is 66.7 Å². The van der Waals surface area contributed by atoms with E-state index in [1.165, 1.54) is 0 Å². The van der Waals surface area contributed by atoms with Crippen LogP contribution in [0.5, 0.6) is 0 Å². The van der Waals surface area contributed by atoms with Crippen LogP contribution in [0, 0.1) is 0 Å². The lowest BCUT2D eigenvalue weighted by molar-refractivity contribution is -0.131. The molecule has 138 valence electrons. The fraction of sp³-hybridized carbons (Fsp3) is 0.867. The number of carbonyl (C=O) groups is 1. The number of hydrogen-bond donors (Lipinski definition) is 1. The predicted octanol–water partition coefficient (Wildman–Crippen LogP) is 1.03. The van der Waals surface area contributed by atoms with Crippen molar-refractivity contribution in [1.82, 2.24) is 15.1 Å². The second kappa shape index (κ2) is 16.3. The number of ether oxygens (including phenoxy) is 2. The largest absolute Gasteiger partial charge is 0.382 e. The fourth-order valence-electron chi connectivity index (χ4n) is 1.88. The molecule has 0 aromatic carbocycles. The van der Waals surface area contributed by atoms with Crippen LogP contribution in [-0.2, 0) is 14.3 Å². The van der Waals surface area contributed by atoms with E-state index in [2.05, 4.69) is 10.3 Å². The van der Waals surface area contributed by atoms with E-state index in [0.717, 1.165) is 25.6 Å². The summed E-state index contributed by atoms with van der Waals surface area (Å²) >= 11 is 0. The Morgan fingerprint density at radius 3 is 2.30 bits per heavy atom. The van der Waals surface area contributed by atoms with E-state index in [9.17, 15) is 4.79 Å². The summed E-state index contributed by atoms with van der Waals surface area (Å²) in [7, 11) is 3.52. The molecule has 0 aliphatic rings. The van der Waals surface area contributed by atoms with E-state index in [0.29, 0.717) is 32.9 Å². The standard InChI is InChI=1S/C15H32N4O3.HI/c1-6-16-15(17-9-10-22-12-11-21-5)18(4)13-14(20)19(7-2)8-3;/h6-13H2,1-5H3,(H,16,17);1H. The van der Waals surface area contributed by atoms with Crippen molar-refractivity contribution in [3.05, 3.63) is 0 Å². The lowest BCUT2D eigenvalue weighted by Gasteiger charge is -2.25. The van der Waals surface area contributed by atoms with Crippen LogP contribution >= 0.6 is 24.0 Å². The number of likely N-dealkylation sites (N-methyl/N-ethyl adjacent to an activating group) is 2. The molecule has 0 aromatic heterocycles. The average Bonchev–Trinajstić information content (AvgIpc) is 2.50. The number of hydrogen-bond acceptors (Lipinski definition) is 4. The van der Waals surface area contributed by atoms with Crippen molar-refractivity contribution in [3.63, 3.8) is 0 Å². The highest BCUT2D eigenvalue weighted by atomic mass is 127. The topological polar surface area (TPSA) is 66.4 Å². The molecule has 0 unspecified atom stereocenters. The molecule has 1 N–H and O–H groups in total. The van der Waals surface area contributed by atoms with Gasteiger partial charge in [0.15, 0.2) is 5.96 Å². The molecule has 0 aromatic rings. The molecule has 0 fully saturated rings. The number of guanidine groups is 1. The third-order valence-corrected chi connectivity index (χ3v) is 3.11. The van der Waals surface area contributed by atoms with Crippen LogP contribution in [0.3, 0.4) is 0 Å². The minimum Gasteiger partial charge on any atom is -0.382 e. The number of methoxy groups -OCH3 is 1. The number of nitrogens with one attached hydrogen (secondary N) is 1. The van der Waals surface area contributed by atoms with Gasteiger partial charge >= 0.3 is 0 Å². The Bertz CT molecular complexity index is 326. The SMILES string of the molecule is CCNC(=NCCOCCOC)N(C)CC(=O)N(CC)CC.I. The van der Waals surface area contributed by atoms with Crippen LogP contribution in [0.2, 0.25) is 0 Å². The minimum absolute atomic E-state index is 0. The van der Waals surface area contributed by atoms with E-state index in [-0.39, 0.29) is 29.9 Å². The molecule has 0 radical (unpaired) electrons. The summed E-state index contributed by atoms with van der Waals surface area (Å²) in [5.74, 6) is 0.827. The first-order valence-electron chi connectivity index (χ1n) is 7.94. The summed E-state index contributed by atoms with van der Waals surface area (Å²) in [6.45, 7) is 10.7. The van der Waals surface area contributed by atoms with Gasteiger partial charge < -0.3 is 24.6 Å². The highest BCUT2D eigenvalue weighted by molar-refractivity contribution is 14.0. The summed E-state index contributed by atoms with van der Waals surface area (Å²) in [6, 6.07) is 0. The van der Waals surface area contributed by atoms with E-state index in [1.807, 2.05) is 37.6 Å². The van der Waals surface area contributed by atoms with E-state index in [4.69, 9.17) is 9.47 Å². The van der Waals surface area contributed by atoms with Crippen LogP contribution in [0.4, 0.5) is 0 Å². The Kier molecular flexibility index (Phi) is 17.4. The van der Waals surface area contributed by atoms with Crippen molar-refractivity contribution >= 4 is 35.8 Å². The Morgan fingerprint density at radius 2 is 1.78 bits per heavy atom. The van der Waals surface area contributed by atoms with E-state index < -0.39 is 0 Å². The van der Waals surface area contributed by atoms with Crippen molar-refractivity contribution in [2.24, 2.45) is 4.99 Å². The van der Waals surface area contributed by atoms with Gasteiger partial charge in [-0.25, -0.2) is 0 Å². The highest BCUT2D eigenvalue weighted by Crippen LogP contribution is 1.94. The molecule has 0 aliphatic heterocycles. The zero-order valence-electron chi connectivity index (χ0n) is 15.1. The summed E-state index contributed by atoms with van der Waals surface area (Å²) in [6.07, 6.45) is 0. The smallest absolute Gasteiger partial charge is 0.242 e. The molecule has 8 heteroatoms. The van der Waals surface area contributed by atoms with Crippen LogP contribution in [0.1, 0.15) is 20.8 Å². The van der Waals surface area contributed by atoms with Gasteiger partial charge in [0, 0.05) is 33.8 Å². The van der Waals surface area contributed by atoms with Gasteiger partial charge in [0.2, 0.25) is 5.91 Å². The zero-order valence-corrected chi connectivity index (χ0v) is 17.5. The molecule has 0 atom stereocenters. The maximum Gasteiger partial charge on any atom is 0.242 e. The maximum atomic E-state index is 12.1. The maximum absolute atomic E-state index is 12.1. The molecule has 0 aliphatic carbocycles. The van der Waals surface area contributed by atoms with Crippen molar-refractivity contribution in [2.45, 2.75) is 20.8 Å². The molecule has 0 saturated heterocycles. The van der Waals surface area contributed by atoms with Gasteiger partial charge in [-0.05, 0) is 20.8 Å². The summed E-state index contributed by atoms with van der Waals surface area (Å²) in [4.78, 5) is 20.3.